The van der Waals surface area contributed by atoms with Crippen LogP contribution in [0.15, 0.2) is 0 Å². The highest BCUT2D eigenvalue weighted by Crippen LogP contribution is 2.40. The normalized spacial score (nSPS) is 28.6. The van der Waals surface area contributed by atoms with Crippen LogP contribution in [0, 0.1) is 17.3 Å². The van der Waals surface area contributed by atoms with Crippen molar-refractivity contribution in [1.82, 2.24) is 0 Å². The van der Waals surface area contributed by atoms with E-state index in [0.717, 1.165) is 12.8 Å². The number of hydrogen-bond donors (Lipinski definition) is 0. The molecule has 14 heavy (non-hydrogen) atoms. The molecule has 1 aliphatic rings. The third kappa shape index (κ3) is 2.73. The van der Waals surface area contributed by atoms with Gasteiger partial charge in [0.2, 0.25) is 0 Å². The van der Waals surface area contributed by atoms with Crippen molar-refractivity contribution in [3.8, 4) is 0 Å². The smallest absolute Gasteiger partial charge is 0.308 e. The predicted molar refractivity (Wildman–Crippen MR) is 56.9 cm³/mol. The molecule has 0 aromatic heterocycles. The molecule has 2 nitrogen and oxygen atoms in total. The first kappa shape index (κ1) is 11.5. The molecule has 2 unspecified atom stereocenters. The van der Waals surface area contributed by atoms with Crippen molar-refractivity contribution in [2.24, 2.45) is 17.3 Å². The lowest BCUT2D eigenvalue weighted by Gasteiger charge is -2.36. The molecule has 0 bridgehead atoms. The van der Waals surface area contributed by atoms with Gasteiger partial charge in [-0.1, -0.05) is 27.2 Å². The summed E-state index contributed by atoms with van der Waals surface area (Å²) in [5.74, 6) is 0.803. The summed E-state index contributed by atoms with van der Waals surface area (Å²) in [5, 5.41) is 0. The van der Waals surface area contributed by atoms with Crippen LogP contribution in [0.3, 0.4) is 0 Å². The highest BCUT2D eigenvalue weighted by atomic mass is 16.5. The average molecular weight is 198 g/mol. The molecule has 2 atom stereocenters. The summed E-state index contributed by atoms with van der Waals surface area (Å²) in [5.41, 5.74) is 0.326. The number of methoxy groups -OCH3 is 1. The van der Waals surface area contributed by atoms with E-state index in [1.54, 1.807) is 0 Å². The summed E-state index contributed by atoms with van der Waals surface area (Å²) in [6.07, 6.45) is 4.45. The van der Waals surface area contributed by atoms with Gasteiger partial charge < -0.3 is 4.74 Å². The monoisotopic (exact) mass is 198 g/mol. The zero-order valence-electron chi connectivity index (χ0n) is 9.80. The van der Waals surface area contributed by atoms with Gasteiger partial charge >= 0.3 is 5.97 Å². The van der Waals surface area contributed by atoms with Gasteiger partial charge in [0.15, 0.2) is 0 Å². The Labute approximate surface area is 87.0 Å². The Morgan fingerprint density at radius 1 is 1.29 bits per heavy atom. The standard InChI is InChI=1S/C12H22O2/c1-12(2,3)10-7-5-6-9(8-10)11(13)14-4/h9-10H,5-8H2,1-4H3. The molecule has 0 spiro atoms. The third-order valence-corrected chi connectivity index (χ3v) is 3.43. The SMILES string of the molecule is COC(=O)C1CCCC(C(C)(C)C)C1. The molecule has 0 aromatic rings. The van der Waals surface area contributed by atoms with Crippen LogP contribution in [0.1, 0.15) is 46.5 Å². The van der Waals surface area contributed by atoms with Crippen molar-refractivity contribution < 1.29 is 9.53 Å². The summed E-state index contributed by atoms with van der Waals surface area (Å²) in [6.45, 7) is 6.78. The lowest BCUT2D eigenvalue weighted by Crippen LogP contribution is -2.30. The second kappa shape index (κ2) is 4.33. The maximum absolute atomic E-state index is 11.4. The van der Waals surface area contributed by atoms with Gasteiger partial charge in [-0.3, -0.25) is 4.79 Å². The van der Waals surface area contributed by atoms with Crippen molar-refractivity contribution in [2.45, 2.75) is 46.5 Å². The topological polar surface area (TPSA) is 26.3 Å². The van der Waals surface area contributed by atoms with Crippen LogP contribution >= 0.6 is 0 Å². The van der Waals surface area contributed by atoms with Crippen molar-refractivity contribution in [1.29, 1.82) is 0 Å². The van der Waals surface area contributed by atoms with Gasteiger partial charge in [-0.2, -0.15) is 0 Å². The number of carbonyl (C=O) groups excluding carboxylic acids is 1. The molecular weight excluding hydrogens is 176 g/mol. The fourth-order valence-electron chi connectivity index (χ4n) is 2.36. The number of carbonyl (C=O) groups is 1. The Hall–Kier alpha value is -0.530. The largest absolute Gasteiger partial charge is 0.469 e. The first-order valence-electron chi connectivity index (χ1n) is 5.53. The maximum atomic E-state index is 11.4. The molecular formula is C12H22O2. The Balaban J connectivity index is 2.56. The van der Waals surface area contributed by atoms with E-state index < -0.39 is 0 Å². The van der Waals surface area contributed by atoms with E-state index in [4.69, 9.17) is 4.74 Å². The second-order valence-electron chi connectivity index (χ2n) is 5.45. The molecule has 0 saturated heterocycles. The molecule has 1 fully saturated rings. The summed E-state index contributed by atoms with van der Waals surface area (Å²) in [6, 6.07) is 0. The van der Waals surface area contributed by atoms with Crippen LogP contribution in [0.25, 0.3) is 0 Å². The highest BCUT2D eigenvalue weighted by molar-refractivity contribution is 5.72. The van der Waals surface area contributed by atoms with Crippen molar-refractivity contribution in [2.75, 3.05) is 7.11 Å². The summed E-state index contributed by atoms with van der Waals surface area (Å²) >= 11 is 0. The van der Waals surface area contributed by atoms with E-state index in [1.807, 2.05) is 0 Å². The summed E-state index contributed by atoms with van der Waals surface area (Å²) in [4.78, 5) is 11.4. The van der Waals surface area contributed by atoms with Crippen LogP contribution in [0.2, 0.25) is 0 Å². The third-order valence-electron chi connectivity index (χ3n) is 3.43. The number of rotatable bonds is 1. The quantitative estimate of drug-likeness (QED) is 0.605. The van der Waals surface area contributed by atoms with Gasteiger partial charge in [0.25, 0.3) is 0 Å². The first-order chi connectivity index (χ1) is 6.45. The van der Waals surface area contributed by atoms with Gasteiger partial charge in [0.05, 0.1) is 13.0 Å². The Morgan fingerprint density at radius 3 is 2.43 bits per heavy atom. The minimum atomic E-state index is -0.0149. The number of hydrogen-bond acceptors (Lipinski definition) is 2. The van der Waals surface area contributed by atoms with Gasteiger partial charge in [-0.25, -0.2) is 0 Å². The zero-order chi connectivity index (χ0) is 10.8. The molecule has 0 amide bonds. The molecule has 1 saturated carbocycles. The summed E-state index contributed by atoms with van der Waals surface area (Å²) in [7, 11) is 1.49. The second-order valence-corrected chi connectivity index (χ2v) is 5.45. The fraction of sp³-hybridized carbons (Fsp3) is 0.917. The zero-order valence-corrected chi connectivity index (χ0v) is 9.80. The van der Waals surface area contributed by atoms with E-state index in [-0.39, 0.29) is 11.9 Å². The summed E-state index contributed by atoms with van der Waals surface area (Å²) < 4.78 is 4.81. The van der Waals surface area contributed by atoms with Gasteiger partial charge in [0.1, 0.15) is 0 Å². The van der Waals surface area contributed by atoms with E-state index in [2.05, 4.69) is 20.8 Å². The molecule has 2 heteroatoms. The van der Waals surface area contributed by atoms with E-state index >= 15 is 0 Å². The highest BCUT2D eigenvalue weighted by Gasteiger charge is 2.33. The first-order valence-corrected chi connectivity index (χ1v) is 5.53. The van der Waals surface area contributed by atoms with Crippen molar-refractivity contribution in [3.05, 3.63) is 0 Å². The van der Waals surface area contributed by atoms with E-state index in [1.165, 1.54) is 20.0 Å². The number of ether oxygens (including phenoxy) is 1. The Morgan fingerprint density at radius 2 is 1.93 bits per heavy atom. The maximum Gasteiger partial charge on any atom is 0.308 e. The van der Waals surface area contributed by atoms with Crippen LogP contribution in [-0.4, -0.2) is 13.1 Å². The lowest BCUT2D eigenvalue weighted by molar-refractivity contribution is -0.147. The molecule has 1 aliphatic carbocycles. The van der Waals surface area contributed by atoms with E-state index in [0.29, 0.717) is 11.3 Å². The molecule has 82 valence electrons. The van der Waals surface area contributed by atoms with Crippen molar-refractivity contribution in [3.63, 3.8) is 0 Å². The molecule has 0 radical (unpaired) electrons. The lowest BCUT2D eigenvalue weighted by atomic mass is 9.69. The fourth-order valence-corrected chi connectivity index (χ4v) is 2.36. The molecule has 0 aliphatic heterocycles. The van der Waals surface area contributed by atoms with Gasteiger partial charge in [-0.05, 0) is 30.6 Å². The Kier molecular flexibility index (Phi) is 3.57. The molecule has 0 aromatic carbocycles. The minimum absolute atomic E-state index is 0.0149. The Bertz CT molecular complexity index is 203. The predicted octanol–water partition coefficient (Wildman–Crippen LogP) is 3.01. The van der Waals surface area contributed by atoms with Crippen LogP contribution in [0.4, 0.5) is 0 Å². The van der Waals surface area contributed by atoms with Crippen molar-refractivity contribution >= 4 is 5.97 Å². The number of esters is 1. The molecule has 0 heterocycles. The van der Waals surface area contributed by atoms with Crippen LogP contribution < -0.4 is 0 Å². The van der Waals surface area contributed by atoms with Crippen LogP contribution in [-0.2, 0) is 9.53 Å². The van der Waals surface area contributed by atoms with Crippen LogP contribution in [0.5, 0.6) is 0 Å². The molecule has 1 rings (SSSR count). The van der Waals surface area contributed by atoms with E-state index in [9.17, 15) is 4.79 Å². The minimum Gasteiger partial charge on any atom is -0.469 e. The van der Waals surface area contributed by atoms with Gasteiger partial charge in [0, 0.05) is 0 Å². The average Bonchev–Trinajstić information content (AvgIpc) is 2.15. The van der Waals surface area contributed by atoms with Gasteiger partial charge in [-0.15, -0.1) is 0 Å². The molecule has 0 N–H and O–H groups in total.